The number of H-pyrrole nitrogens is 1. The minimum Gasteiger partial charge on any atom is -0.444 e. The van der Waals surface area contributed by atoms with Gasteiger partial charge in [-0.3, -0.25) is 0 Å². The van der Waals surface area contributed by atoms with Gasteiger partial charge in [0.1, 0.15) is 16.5 Å². The number of allylic oxidation sites excluding steroid dienone is 1. The average molecular weight is 433 g/mol. The van der Waals surface area contributed by atoms with Gasteiger partial charge in [-0.15, -0.1) is 0 Å². The molecule has 1 amide bonds. The van der Waals surface area contributed by atoms with Crippen molar-refractivity contribution in [1.29, 1.82) is 0 Å². The van der Waals surface area contributed by atoms with E-state index in [1.165, 1.54) is 10.5 Å². The van der Waals surface area contributed by atoms with Crippen molar-refractivity contribution in [3.63, 3.8) is 0 Å². The van der Waals surface area contributed by atoms with Crippen LogP contribution in [0.15, 0.2) is 30.6 Å². The Bertz CT molecular complexity index is 1080. The predicted molar refractivity (Wildman–Crippen MR) is 115 cm³/mol. The smallest absolute Gasteiger partial charge is 0.410 e. The number of aromatic amines is 1. The maximum Gasteiger partial charge on any atom is 0.410 e. The summed E-state index contributed by atoms with van der Waals surface area (Å²) in [5.74, 6) is 0. The van der Waals surface area contributed by atoms with E-state index in [4.69, 9.17) is 4.74 Å². The van der Waals surface area contributed by atoms with Crippen LogP contribution < -0.4 is 4.72 Å². The molecule has 0 bridgehead atoms. The zero-order valence-corrected chi connectivity index (χ0v) is 18.3. The number of carbonyl (C=O) groups excluding carboxylic acids is 1. The summed E-state index contributed by atoms with van der Waals surface area (Å²) in [6.07, 6.45) is 7.54. The maximum atomic E-state index is 12.7. The van der Waals surface area contributed by atoms with Crippen molar-refractivity contribution in [1.82, 2.24) is 19.6 Å². The Kier molecular flexibility index (Phi) is 5.36. The number of hydrogen-bond acceptors (Lipinski definition) is 5. The van der Waals surface area contributed by atoms with Crippen LogP contribution in [-0.4, -0.2) is 59.4 Å². The number of pyridine rings is 1. The molecule has 2 N–H and O–H groups in total. The second kappa shape index (κ2) is 7.70. The van der Waals surface area contributed by atoms with Crippen LogP contribution in [0.4, 0.5) is 4.79 Å². The molecule has 0 spiro atoms. The number of likely N-dealkylation sites (tertiary alicyclic amines) is 1. The number of sulfonamides is 1. The Morgan fingerprint density at radius 1 is 1.33 bits per heavy atom. The Balaban J connectivity index is 1.33. The first kappa shape index (κ1) is 20.9. The van der Waals surface area contributed by atoms with Crippen LogP contribution in [0, 0.1) is 0 Å². The molecule has 1 saturated heterocycles. The van der Waals surface area contributed by atoms with E-state index in [0.717, 1.165) is 29.4 Å². The van der Waals surface area contributed by atoms with Crippen molar-refractivity contribution in [2.45, 2.75) is 56.9 Å². The Labute approximate surface area is 176 Å². The molecule has 4 rings (SSSR count). The monoisotopic (exact) mass is 432 g/mol. The predicted octanol–water partition coefficient (Wildman–Crippen LogP) is 3.04. The molecule has 0 unspecified atom stereocenters. The largest absolute Gasteiger partial charge is 0.444 e. The number of hydrogen-bond donors (Lipinski definition) is 2. The number of ether oxygens (including phenoxy) is 1. The second-order valence-corrected chi connectivity index (χ2v) is 11.0. The van der Waals surface area contributed by atoms with Crippen molar-refractivity contribution in [2.24, 2.45) is 0 Å². The summed E-state index contributed by atoms with van der Waals surface area (Å²) in [7, 11) is -3.48. The molecule has 0 saturated carbocycles. The third-order valence-corrected chi connectivity index (χ3v) is 7.32. The lowest BCUT2D eigenvalue weighted by atomic mass is 9.91. The van der Waals surface area contributed by atoms with Crippen LogP contribution in [0.3, 0.4) is 0 Å². The summed E-state index contributed by atoms with van der Waals surface area (Å²) >= 11 is 0. The molecule has 1 fully saturated rings. The summed E-state index contributed by atoms with van der Waals surface area (Å²) in [6, 6.07) is 3.83. The molecule has 0 aromatic carbocycles. The number of fused-ring (bicyclic) bond motifs is 1. The molecule has 1 aliphatic heterocycles. The normalized spacial score (nSPS) is 20.7. The van der Waals surface area contributed by atoms with Gasteiger partial charge in [0, 0.05) is 42.5 Å². The minimum absolute atomic E-state index is 0.127. The summed E-state index contributed by atoms with van der Waals surface area (Å²) in [5.41, 5.74) is 2.61. The van der Waals surface area contributed by atoms with Crippen LogP contribution in [-0.2, 0) is 14.8 Å². The van der Waals surface area contributed by atoms with Gasteiger partial charge in [-0.1, -0.05) is 6.08 Å². The molecule has 162 valence electrons. The van der Waals surface area contributed by atoms with E-state index < -0.39 is 27.0 Å². The molecular weight excluding hydrogens is 404 g/mol. The highest BCUT2D eigenvalue weighted by molar-refractivity contribution is 7.90. The van der Waals surface area contributed by atoms with Gasteiger partial charge in [0.25, 0.3) is 0 Å². The van der Waals surface area contributed by atoms with Gasteiger partial charge in [-0.05, 0) is 57.7 Å². The minimum atomic E-state index is -3.48. The van der Waals surface area contributed by atoms with Gasteiger partial charge < -0.3 is 14.6 Å². The number of nitrogens with zero attached hydrogens (tertiary/aromatic N) is 2. The van der Waals surface area contributed by atoms with Gasteiger partial charge in [0.2, 0.25) is 10.0 Å². The van der Waals surface area contributed by atoms with Gasteiger partial charge in [0.05, 0.1) is 0 Å². The molecule has 2 aliphatic rings. The van der Waals surface area contributed by atoms with E-state index in [0.29, 0.717) is 6.42 Å². The Hall–Kier alpha value is -2.39. The topological polar surface area (TPSA) is 104 Å². The molecule has 8 nitrogen and oxygen atoms in total. The molecule has 9 heteroatoms. The van der Waals surface area contributed by atoms with Gasteiger partial charge in [-0.2, -0.15) is 0 Å². The van der Waals surface area contributed by atoms with Crippen molar-refractivity contribution in [3.05, 3.63) is 36.2 Å². The van der Waals surface area contributed by atoms with E-state index in [1.807, 2.05) is 18.3 Å². The first-order valence-corrected chi connectivity index (χ1v) is 11.8. The summed E-state index contributed by atoms with van der Waals surface area (Å²) in [6.45, 7) is 5.70. The molecule has 30 heavy (non-hydrogen) atoms. The molecule has 1 atom stereocenters. The van der Waals surface area contributed by atoms with Crippen LogP contribution in [0.2, 0.25) is 0 Å². The molecule has 0 radical (unpaired) electrons. The van der Waals surface area contributed by atoms with Gasteiger partial charge in [0.15, 0.2) is 0 Å². The lowest BCUT2D eigenvalue weighted by Gasteiger charge is -2.39. The first-order chi connectivity index (χ1) is 14.1. The van der Waals surface area contributed by atoms with Crippen molar-refractivity contribution >= 4 is 32.7 Å². The van der Waals surface area contributed by atoms with Gasteiger partial charge in [-0.25, -0.2) is 22.9 Å². The molecule has 2 aromatic rings. The lowest BCUT2D eigenvalue weighted by Crippen LogP contribution is -2.61. The third kappa shape index (κ3) is 4.37. The quantitative estimate of drug-likeness (QED) is 0.773. The number of carbonyl (C=O) groups is 1. The maximum absolute atomic E-state index is 12.7. The highest BCUT2D eigenvalue weighted by atomic mass is 32.2. The van der Waals surface area contributed by atoms with Crippen LogP contribution >= 0.6 is 0 Å². The Morgan fingerprint density at radius 3 is 2.77 bits per heavy atom. The first-order valence-electron chi connectivity index (χ1n) is 10.2. The summed E-state index contributed by atoms with van der Waals surface area (Å²) in [4.78, 5) is 21.0. The fraction of sp³-hybridized carbons (Fsp3) is 0.524. The number of aromatic nitrogens is 2. The van der Waals surface area contributed by atoms with E-state index >= 15 is 0 Å². The highest BCUT2D eigenvalue weighted by Crippen LogP contribution is 2.32. The fourth-order valence-electron chi connectivity index (χ4n) is 3.85. The van der Waals surface area contributed by atoms with Crippen molar-refractivity contribution in [3.8, 4) is 0 Å². The number of amides is 1. The van der Waals surface area contributed by atoms with E-state index in [9.17, 15) is 13.2 Å². The molecular formula is C21H28N4O4S. The van der Waals surface area contributed by atoms with Crippen LogP contribution in [0.5, 0.6) is 0 Å². The zero-order chi connectivity index (χ0) is 21.5. The van der Waals surface area contributed by atoms with Crippen molar-refractivity contribution in [2.75, 3.05) is 13.1 Å². The molecule has 2 aromatic heterocycles. The fourth-order valence-corrected chi connectivity index (χ4v) is 5.47. The van der Waals surface area contributed by atoms with Crippen molar-refractivity contribution < 1.29 is 17.9 Å². The van der Waals surface area contributed by atoms with E-state index in [2.05, 4.69) is 20.8 Å². The van der Waals surface area contributed by atoms with E-state index in [1.54, 1.807) is 27.0 Å². The third-order valence-electron chi connectivity index (χ3n) is 5.48. The average Bonchev–Trinajstić information content (AvgIpc) is 3.03. The Morgan fingerprint density at radius 2 is 2.10 bits per heavy atom. The van der Waals surface area contributed by atoms with E-state index in [-0.39, 0.29) is 19.1 Å². The lowest BCUT2D eigenvalue weighted by molar-refractivity contribution is 0.0138. The summed E-state index contributed by atoms with van der Waals surface area (Å²) < 4.78 is 33.5. The second-order valence-electron chi connectivity index (χ2n) is 8.97. The summed E-state index contributed by atoms with van der Waals surface area (Å²) in [5, 5.41) is 0.495. The van der Waals surface area contributed by atoms with Gasteiger partial charge >= 0.3 is 6.09 Å². The SMILES string of the molecule is CC(C)(C)OC(=O)N1CC(S(=O)(=O)N[C@H]2CC=C(c3c[nH]c4ncccc34)CC2)C1. The van der Waals surface area contributed by atoms with Crippen LogP contribution in [0.1, 0.15) is 45.6 Å². The number of rotatable bonds is 4. The molecule has 1 aliphatic carbocycles. The number of nitrogens with one attached hydrogen (secondary N) is 2. The molecule has 3 heterocycles. The highest BCUT2D eigenvalue weighted by Gasteiger charge is 2.42. The standard InChI is InChI=1S/C21H28N4O4S/c1-21(2,3)29-20(26)25-12-16(13-25)30(27,28)24-15-8-6-14(7-9-15)18-11-23-19-17(18)5-4-10-22-19/h4-6,10-11,15-16,24H,7-9,12-13H2,1-3H3,(H,22,23)/t15-/m0/s1. The van der Waals surface area contributed by atoms with Crippen LogP contribution in [0.25, 0.3) is 16.6 Å². The zero-order valence-electron chi connectivity index (χ0n) is 17.5.